The molecule has 0 radical (unpaired) electrons. The smallest absolute Gasteiger partial charge is 0.182 e. The molecular weight excluding hydrogens is 190 g/mol. The molecule has 0 aliphatic heterocycles. The molecule has 0 atom stereocenters. The van der Waals surface area contributed by atoms with E-state index in [1.54, 1.807) is 6.07 Å². The fraction of sp³-hybridized carbons (Fsp3) is 0.111. The van der Waals surface area contributed by atoms with Gasteiger partial charge in [0.25, 0.3) is 0 Å². The highest BCUT2D eigenvalue weighted by molar-refractivity contribution is 6.01. The number of nitrogens with two attached hydrogens (primary N) is 1. The first-order valence-corrected chi connectivity index (χ1v) is 3.71. The molecule has 0 unspecified atom stereocenters. The molecule has 2 N–H and O–H groups in total. The van der Waals surface area contributed by atoms with Gasteiger partial charge in [0.2, 0.25) is 0 Å². The number of benzene rings is 1. The number of nitriles is 1. The van der Waals surface area contributed by atoms with Crippen LogP contribution in [0.3, 0.4) is 0 Å². The van der Waals surface area contributed by atoms with Crippen LogP contribution in [0.15, 0.2) is 12.1 Å². The molecule has 0 fully saturated rings. The number of halogens is 2. The Bertz CT molecular complexity index is 424. The molecular formula is C9H6F2N2O. The maximum Gasteiger partial charge on any atom is 0.182 e. The van der Waals surface area contributed by atoms with Crippen LogP contribution in [0.25, 0.3) is 0 Å². The number of carbonyl (C=O) groups excluding carboxylic acids is 1. The first kappa shape index (κ1) is 10.1. The largest absolute Gasteiger partial charge is 0.396 e. The summed E-state index contributed by atoms with van der Waals surface area (Å²) in [5.74, 6) is -2.99. The summed E-state index contributed by atoms with van der Waals surface area (Å²) in [4.78, 5) is 11.1. The molecule has 0 aliphatic carbocycles. The lowest BCUT2D eigenvalue weighted by atomic mass is 10.1. The zero-order valence-electron chi connectivity index (χ0n) is 7.05. The number of ketones is 1. The van der Waals surface area contributed by atoms with E-state index in [9.17, 15) is 13.6 Å². The summed E-state index contributed by atoms with van der Waals surface area (Å²) in [6.07, 6.45) is -0.407. The summed E-state index contributed by atoms with van der Waals surface area (Å²) in [7, 11) is 0. The first-order valence-electron chi connectivity index (χ1n) is 3.71. The summed E-state index contributed by atoms with van der Waals surface area (Å²) >= 11 is 0. The highest BCUT2D eigenvalue weighted by Crippen LogP contribution is 2.20. The fourth-order valence-electron chi connectivity index (χ4n) is 0.977. The summed E-state index contributed by atoms with van der Waals surface area (Å²) in [5, 5.41) is 8.23. The molecule has 3 nitrogen and oxygen atoms in total. The zero-order chi connectivity index (χ0) is 10.7. The van der Waals surface area contributed by atoms with Gasteiger partial charge in [-0.1, -0.05) is 0 Å². The predicted molar refractivity (Wildman–Crippen MR) is 45.3 cm³/mol. The quantitative estimate of drug-likeness (QED) is 0.577. The van der Waals surface area contributed by atoms with Crippen LogP contribution < -0.4 is 5.73 Å². The van der Waals surface area contributed by atoms with Gasteiger partial charge < -0.3 is 5.73 Å². The molecule has 0 bridgehead atoms. The minimum Gasteiger partial charge on any atom is -0.396 e. The monoisotopic (exact) mass is 196 g/mol. The molecule has 1 rings (SSSR count). The molecule has 14 heavy (non-hydrogen) atoms. The fourth-order valence-corrected chi connectivity index (χ4v) is 0.977. The van der Waals surface area contributed by atoms with E-state index >= 15 is 0 Å². The van der Waals surface area contributed by atoms with Crippen LogP contribution in [-0.2, 0) is 0 Å². The number of rotatable bonds is 2. The summed E-state index contributed by atoms with van der Waals surface area (Å²) < 4.78 is 25.4. The van der Waals surface area contributed by atoms with Crippen molar-refractivity contribution in [2.45, 2.75) is 6.42 Å². The average molecular weight is 196 g/mol. The van der Waals surface area contributed by atoms with E-state index in [1.807, 2.05) is 0 Å². The van der Waals surface area contributed by atoms with Gasteiger partial charge in [-0.25, -0.2) is 8.78 Å². The summed E-state index contributed by atoms with van der Waals surface area (Å²) in [5.41, 5.74) is 4.46. The van der Waals surface area contributed by atoms with Crippen molar-refractivity contribution in [1.82, 2.24) is 0 Å². The Hall–Kier alpha value is -1.96. The van der Waals surface area contributed by atoms with Gasteiger partial charge in [0.15, 0.2) is 17.4 Å². The van der Waals surface area contributed by atoms with Crippen LogP contribution in [0.4, 0.5) is 14.5 Å². The first-order chi connectivity index (χ1) is 6.57. The van der Waals surface area contributed by atoms with Crippen LogP contribution in [0.2, 0.25) is 0 Å². The molecule has 0 spiro atoms. The van der Waals surface area contributed by atoms with Crippen molar-refractivity contribution < 1.29 is 13.6 Å². The van der Waals surface area contributed by atoms with Gasteiger partial charge >= 0.3 is 0 Å². The number of nitrogens with zero attached hydrogens (tertiary/aromatic N) is 1. The van der Waals surface area contributed by atoms with Gasteiger partial charge in [-0.05, 0) is 12.1 Å². The van der Waals surface area contributed by atoms with Crippen molar-refractivity contribution >= 4 is 11.5 Å². The topological polar surface area (TPSA) is 66.9 Å². The van der Waals surface area contributed by atoms with Crippen LogP contribution in [0.5, 0.6) is 0 Å². The van der Waals surface area contributed by atoms with E-state index in [4.69, 9.17) is 11.0 Å². The Labute approximate surface area is 78.8 Å². The predicted octanol–water partition coefficient (Wildman–Crippen LogP) is 1.64. The number of carbonyl (C=O) groups is 1. The number of hydrogen-bond donors (Lipinski definition) is 1. The number of hydrogen-bond acceptors (Lipinski definition) is 3. The zero-order valence-corrected chi connectivity index (χ0v) is 7.05. The van der Waals surface area contributed by atoms with Crippen molar-refractivity contribution in [2.75, 3.05) is 5.73 Å². The lowest BCUT2D eigenvalue weighted by Gasteiger charge is -2.03. The molecule has 0 heterocycles. The lowest BCUT2D eigenvalue weighted by molar-refractivity contribution is 0.0998. The Morgan fingerprint density at radius 1 is 1.50 bits per heavy atom. The van der Waals surface area contributed by atoms with E-state index < -0.39 is 29.5 Å². The van der Waals surface area contributed by atoms with Gasteiger partial charge in [-0.15, -0.1) is 0 Å². The number of anilines is 1. The van der Waals surface area contributed by atoms with Crippen molar-refractivity contribution in [2.24, 2.45) is 0 Å². The minimum atomic E-state index is -1.26. The van der Waals surface area contributed by atoms with E-state index in [-0.39, 0.29) is 5.56 Å². The molecule has 1 aromatic carbocycles. The Morgan fingerprint density at radius 3 is 2.71 bits per heavy atom. The van der Waals surface area contributed by atoms with E-state index in [0.717, 1.165) is 12.1 Å². The van der Waals surface area contributed by atoms with Crippen molar-refractivity contribution in [1.29, 1.82) is 5.26 Å². The molecule has 0 saturated heterocycles. The third kappa shape index (κ3) is 1.69. The van der Waals surface area contributed by atoms with E-state index in [2.05, 4.69) is 0 Å². The van der Waals surface area contributed by atoms with Crippen molar-refractivity contribution in [3.63, 3.8) is 0 Å². The maximum atomic E-state index is 12.9. The third-order valence-electron chi connectivity index (χ3n) is 1.67. The SMILES string of the molecule is N#CCC(=O)c1ccc(F)c(F)c1N. The van der Waals surface area contributed by atoms with Gasteiger partial charge in [-0.2, -0.15) is 5.26 Å². The molecule has 72 valence electrons. The molecule has 5 heteroatoms. The van der Waals surface area contributed by atoms with Crippen LogP contribution >= 0.6 is 0 Å². The second kappa shape index (κ2) is 3.83. The lowest BCUT2D eigenvalue weighted by Crippen LogP contribution is -2.06. The Kier molecular flexibility index (Phi) is 2.77. The Morgan fingerprint density at radius 2 is 2.14 bits per heavy atom. The normalized spacial score (nSPS) is 9.50. The molecule has 0 aromatic heterocycles. The highest BCUT2D eigenvalue weighted by atomic mass is 19.2. The second-order valence-electron chi connectivity index (χ2n) is 2.58. The van der Waals surface area contributed by atoms with Gasteiger partial charge in [0.05, 0.1) is 18.2 Å². The van der Waals surface area contributed by atoms with Crippen molar-refractivity contribution in [3.05, 3.63) is 29.3 Å². The molecule has 0 aliphatic rings. The number of nitrogen functional groups attached to an aromatic ring is 1. The van der Waals surface area contributed by atoms with E-state index in [1.165, 1.54) is 0 Å². The van der Waals surface area contributed by atoms with E-state index in [0.29, 0.717) is 0 Å². The van der Waals surface area contributed by atoms with Crippen molar-refractivity contribution in [3.8, 4) is 6.07 Å². The van der Waals surface area contributed by atoms with Gasteiger partial charge in [0.1, 0.15) is 0 Å². The molecule has 0 amide bonds. The van der Waals surface area contributed by atoms with Gasteiger partial charge in [0, 0.05) is 5.56 Å². The average Bonchev–Trinajstić information content (AvgIpc) is 2.15. The summed E-state index contributed by atoms with van der Waals surface area (Å²) in [6.45, 7) is 0. The van der Waals surface area contributed by atoms with Crippen LogP contribution in [-0.4, -0.2) is 5.78 Å². The number of Topliss-reactive ketones (excluding diaryl/α,β-unsaturated/α-hetero) is 1. The van der Waals surface area contributed by atoms with Crippen LogP contribution in [0.1, 0.15) is 16.8 Å². The standard InChI is InChI=1S/C9H6F2N2O/c10-6-2-1-5(7(14)3-4-12)9(13)8(6)11/h1-2H,3,13H2. The van der Waals surface area contributed by atoms with Gasteiger partial charge in [-0.3, -0.25) is 4.79 Å². The molecule has 0 saturated carbocycles. The maximum absolute atomic E-state index is 12.9. The Balaban J connectivity index is 3.19. The third-order valence-corrected chi connectivity index (χ3v) is 1.67. The minimum absolute atomic E-state index is 0.162. The van der Waals surface area contributed by atoms with Crippen LogP contribution in [0, 0.1) is 23.0 Å². The summed E-state index contributed by atoms with van der Waals surface area (Å²) in [6, 6.07) is 3.47. The second-order valence-corrected chi connectivity index (χ2v) is 2.58. The molecule has 1 aromatic rings. The highest BCUT2D eigenvalue weighted by Gasteiger charge is 2.15.